The van der Waals surface area contributed by atoms with Crippen LogP contribution >= 0.6 is 11.3 Å². The van der Waals surface area contributed by atoms with Gasteiger partial charge in [0.25, 0.3) is 0 Å². The number of hydrogen-bond acceptors (Lipinski definition) is 4. The number of nitrogens with two attached hydrogens (primary N) is 1. The van der Waals surface area contributed by atoms with Gasteiger partial charge in [-0.25, -0.2) is 0 Å². The van der Waals surface area contributed by atoms with Crippen LogP contribution in [-0.4, -0.2) is 18.6 Å². The lowest BCUT2D eigenvalue weighted by Gasteiger charge is -2.21. The summed E-state index contributed by atoms with van der Waals surface area (Å²) in [6.45, 7) is 0.955. The van der Waals surface area contributed by atoms with Gasteiger partial charge in [-0.2, -0.15) is 0 Å². The first-order valence-electron chi connectivity index (χ1n) is 6.62. The Morgan fingerprint density at radius 3 is 2.90 bits per heavy atom. The number of aromatic nitrogens is 1. The van der Waals surface area contributed by atoms with Crippen molar-refractivity contribution in [3.8, 4) is 0 Å². The number of anilines is 2. The Hall–Kier alpha value is -2.07. The van der Waals surface area contributed by atoms with Crippen molar-refractivity contribution >= 4 is 33.6 Å². The van der Waals surface area contributed by atoms with E-state index in [9.17, 15) is 0 Å². The molecule has 0 radical (unpaired) electrons. The SMILES string of the molecule is CN(CCc1cccs1)c1ccc2ncccc2c1N. The van der Waals surface area contributed by atoms with Crippen molar-refractivity contribution in [1.82, 2.24) is 4.98 Å². The second-order valence-corrected chi connectivity index (χ2v) is 5.85. The standard InChI is InChI=1S/C16H17N3S/c1-19(10-8-12-4-3-11-20-12)15-7-6-14-13(16(15)17)5-2-9-18-14/h2-7,9,11H,8,10,17H2,1H3. The van der Waals surface area contributed by atoms with E-state index in [2.05, 4.69) is 40.5 Å². The van der Waals surface area contributed by atoms with Crippen molar-refractivity contribution in [2.45, 2.75) is 6.42 Å². The van der Waals surface area contributed by atoms with Crippen LogP contribution in [0.5, 0.6) is 0 Å². The fourth-order valence-electron chi connectivity index (χ4n) is 2.35. The second-order valence-electron chi connectivity index (χ2n) is 4.82. The molecule has 3 rings (SSSR count). The van der Waals surface area contributed by atoms with Gasteiger partial charge in [-0.3, -0.25) is 4.98 Å². The minimum absolute atomic E-state index is 0.810. The van der Waals surface area contributed by atoms with Gasteiger partial charge >= 0.3 is 0 Å². The van der Waals surface area contributed by atoms with Gasteiger partial charge < -0.3 is 10.6 Å². The lowest BCUT2D eigenvalue weighted by Crippen LogP contribution is -2.21. The van der Waals surface area contributed by atoms with Gasteiger partial charge in [0.1, 0.15) is 0 Å². The molecule has 2 N–H and O–H groups in total. The number of likely N-dealkylation sites (N-methyl/N-ethyl adjacent to an activating group) is 1. The first-order valence-corrected chi connectivity index (χ1v) is 7.50. The molecule has 0 atom stereocenters. The van der Waals surface area contributed by atoms with Gasteiger partial charge in [0.15, 0.2) is 0 Å². The summed E-state index contributed by atoms with van der Waals surface area (Å²) in [5, 5.41) is 3.14. The van der Waals surface area contributed by atoms with Crippen LogP contribution in [0.15, 0.2) is 48.0 Å². The van der Waals surface area contributed by atoms with Crippen LogP contribution in [0.4, 0.5) is 11.4 Å². The van der Waals surface area contributed by atoms with Crippen LogP contribution in [-0.2, 0) is 6.42 Å². The Balaban J connectivity index is 1.84. The van der Waals surface area contributed by atoms with E-state index >= 15 is 0 Å². The molecule has 0 unspecified atom stereocenters. The Bertz CT molecular complexity index is 707. The van der Waals surface area contributed by atoms with Crippen molar-refractivity contribution in [1.29, 1.82) is 0 Å². The van der Waals surface area contributed by atoms with Crippen LogP contribution in [0.2, 0.25) is 0 Å². The third kappa shape index (κ3) is 2.47. The molecule has 1 aromatic carbocycles. The molecule has 0 amide bonds. The molecule has 0 saturated carbocycles. The molecule has 20 heavy (non-hydrogen) atoms. The molecule has 3 aromatic rings. The molecule has 0 fully saturated rings. The first kappa shape index (κ1) is 12.9. The maximum Gasteiger partial charge on any atom is 0.0724 e. The lowest BCUT2D eigenvalue weighted by atomic mass is 10.1. The van der Waals surface area contributed by atoms with Crippen molar-refractivity contribution in [3.63, 3.8) is 0 Å². The van der Waals surface area contributed by atoms with E-state index in [-0.39, 0.29) is 0 Å². The number of hydrogen-bond donors (Lipinski definition) is 1. The summed E-state index contributed by atoms with van der Waals surface area (Å²) >= 11 is 1.80. The zero-order chi connectivity index (χ0) is 13.9. The molecule has 0 saturated heterocycles. The maximum atomic E-state index is 6.29. The zero-order valence-electron chi connectivity index (χ0n) is 11.4. The number of thiophene rings is 1. The van der Waals surface area contributed by atoms with Gasteiger partial charge in [0.05, 0.1) is 16.9 Å². The molecule has 0 aliphatic heterocycles. The second kappa shape index (κ2) is 5.51. The zero-order valence-corrected chi connectivity index (χ0v) is 12.2. The quantitative estimate of drug-likeness (QED) is 0.744. The van der Waals surface area contributed by atoms with Gasteiger partial charge in [-0.1, -0.05) is 6.07 Å². The Morgan fingerprint density at radius 2 is 2.10 bits per heavy atom. The molecule has 0 bridgehead atoms. The lowest BCUT2D eigenvalue weighted by molar-refractivity contribution is 0.889. The number of nitrogens with zero attached hydrogens (tertiary/aromatic N) is 2. The molecular formula is C16H17N3S. The molecule has 0 spiro atoms. The van der Waals surface area contributed by atoms with Gasteiger partial charge in [0.2, 0.25) is 0 Å². The molecule has 4 heteroatoms. The first-order chi connectivity index (χ1) is 9.75. The Morgan fingerprint density at radius 1 is 1.20 bits per heavy atom. The molecule has 2 heterocycles. The summed E-state index contributed by atoms with van der Waals surface area (Å²) in [6, 6.07) is 12.3. The predicted octanol–water partition coefficient (Wildman–Crippen LogP) is 3.56. The number of fused-ring (bicyclic) bond motifs is 1. The van der Waals surface area contributed by atoms with Gasteiger partial charge in [-0.15, -0.1) is 11.3 Å². The molecular weight excluding hydrogens is 266 g/mol. The average Bonchev–Trinajstić information content (AvgIpc) is 2.99. The van der Waals surface area contributed by atoms with Gasteiger partial charge in [0, 0.05) is 30.1 Å². The molecule has 0 aliphatic carbocycles. The fourth-order valence-corrected chi connectivity index (χ4v) is 3.05. The highest BCUT2D eigenvalue weighted by atomic mass is 32.1. The average molecular weight is 283 g/mol. The highest BCUT2D eigenvalue weighted by molar-refractivity contribution is 7.09. The summed E-state index contributed by atoms with van der Waals surface area (Å²) in [7, 11) is 2.08. The minimum Gasteiger partial charge on any atom is -0.396 e. The number of benzene rings is 1. The number of pyridine rings is 1. The van der Waals surface area contributed by atoms with Crippen molar-refractivity contribution < 1.29 is 0 Å². The van der Waals surface area contributed by atoms with Crippen molar-refractivity contribution in [3.05, 3.63) is 52.9 Å². The molecule has 3 nitrogen and oxygen atoms in total. The van der Waals surface area contributed by atoms with E-state index in [0.29, 0.717) is 0 Å². The van der Waals surface area contributed by atoms with Gasteiger partial charge in [-0.05, 0) is 42.1 Å². The van der Waals surface area contributed by atoms with E-state index in [1.165, 1.54) is 4.88 Å². The molecule has 2 aromatic heterocycles. The highest BCUT2D eigenvalue weighted by Crippen LogP contribution is 2.29. The van der Waals surface area contributed by atoms with E-state index in [4.69, 9.17) is 5.73 Å². The summed E-state index contributed by atoms with van der Waals surface area (Å²) < 4.78 is 0. The van der Waals surface area contributed by atoms with Crippen molar-refractivity contribution in [2.24, 2.45) is 0 Å². The fraction of sp³-hybridized carbons (Fsp3) is 0.188. The number of nitrogen functional groups attached to an aromatic ring is 1. The normalized spacial score (nSPS) is 10.8. The van der Waals surface area contributed by atoms with E-state index in [1.807, 2.05) is 18.2 Å². The monoisotopic (exact) mass is 283 g/mol. The predicted molar refractivity (Wildman–Crippen MR) is 87.4 cm³/mol. The van der Waals surface area contributed by atoms with Crippen LogP contribution in [0, 0.1) is 0 Å². The van der Waals surface area contributed by atoms with E-state index in [0.717, 1.165) is 35.2 Å². The van der Waals surface area contributed by atoms with Crippen LogP contribution in [0.1, 0.15) is 4.88 Å². The summed E-state index contributed by atoms with van der Waals surface area (Å²) in [5.41, 5.74) is 9.12. The Labute approximate surface area is 122 Å². The third-order valence-electron chi connectivity index (χ3n) is 3.49. The molecule has 0 aliphatic rings. The third-order valence-corrected chi connectivity index (χ3v) is 4.42. The summed E-state index contributed by atoms with van der Waals surface area (Å²) in [6.07, 6.45) is 2.83. The maximum absolute atomic E-state index is 6.29. The van der Waals surface area contributed by atoms with E-state index in [1.54, 1.807) is 17.5 Å². The summed E-state index contributed by atoms with van der Waals surface area (Å²) in [4.78, 5) is 7.94. The largest absolute Gasteiger partial charge is 0.396 e. The summed E-state index contributed by atoms with van der Waals surface area (Å²) in [5.74, 6) is 0. The van der Waals surface area contributed by atoms with Crippen LogP contribution in [0.25, 0.3) is 10.9 Å². The van der Waals surface area contributed by atoms with E-state index < -0.39 is 0 Å². The van der Waals surface area contributed by atoms with Crippen LogP contribution < -0.4 is 10.6 Å². The Kier molecular flexibility index (Phi) is 3.56. The molecule has 102 valence electrons. The van der Waals surface area contributed by atoms with Crippen molar-refractivity contribution in [2.75, 3.05) is 24.2 Å². The smallest absolute Gasteiger partial charge is 0.0724 e. The topological polar surface area (TPSA) is 42.2 Å². The highest BCUT2D eigenvalue weighted by Gasteiger charge is 2.09. The minimum atomic E-state index is 0.810. The number of rotatable bonds is 4. The van der Waals surface area contributed by atoms with Crippen LogP contribution in [0.3, 0.4) is 0 Å².